The second kappa shape index (κ2) is 7.34. The van der Waals surface area contributed by atoms with Crippen molar-refractivity contribution in [2.75, 3.05) is 13.7 Å². The lowest BCUT2D eigenvalue weighted by Gasteiger charge is -2.36. The quantitative estimate of drug-likeness (QED) is 0.829. The van der Waals surface area contributed by atoms with Gasteiger partial charge in [-0.1, -0.05) is 12.1 Å². The summed E-state index contributed by atoms with van der Waals surface area (Å²) < 4.78 is 5.20. The maximum atomic E-state index is 13.1. The van der Waals surface area contributed by atoms with Gasteiger partial charge in [0, 0.05) is 17.6 Å². The predicted octanol–water partition coefficient (Wildman–Crippen LogP) is 4.32. The summed E-state index contributed by atoms with van der Waals surface area (Å²) in [4.78, 5) is 19.8. The molecule has 0 spiro atoms. The van der Waals surface area contributed by atoms with Crippen molar-refractivity contribution in [1.29, 1.82) is 0 Å². The number of hydrogen-bond donors (Lipinski definition) is 0. The summed E-state index contributed by atoms with van der Waals surface area (Å²) in [7, 11) is 1.65. The Morgan fingerprint density at radius 3 is 2.71 bits per heavy atom. The number of nitrogens with zero attached hydrogens (tertiary/aromatic N) is 2. The van der Waals surface area contributed by atoms with E-state index in [0.717, 1.165) is 47.8 Å². The molecule has 0 saturated carbocycles. The summed E-state index contributed by atoms with van der Waals surface area (Å²) >= 11 is 1.67. The molecule has 1 aromatic carbocycles. The van der Waals surface area contributed by atoms with E-state index in [-0.39, 0.29) is 17.9 Å². The van der Waals surface area contributed by atoms with Crippen LogP contribution in [0.15, 0.2) is 29.6 Å². The van der Waals surface area contributed by atoms with Gasteiger partial charge in [0.05, 0.1) is 19.1 Å². The van der Waals surface area contributed by atoms with Crippen LogP contribution in [0.5, 0.6) is 5.75 Å². The Hall–Kier alpha value is -1.88. The molecule has 1 fully saturated rings. The molecular weight excluding hydrogens is 320 g/mol. The largest absolute Gasteiger partial charge is 0.497 e. The zero-order valence-electron chi connectivity index (χ0n) is 14.5. The van der Waals surface area contributed by atoms with Crippen molar-refractivity contribution in [2.24, 2.45) is 0 Å². The molecule has 1 saturated heterocycles. The number of aryl methyl sites for hydroxylation is 1. The number of piperidine rings is 1. The van der Waals surface area contributed by atoms with Gasteiger partial charge in [-0.05, 0) is 50.8 Å². The first-order valence-corrected chi connectivity index (χ1v) is 9.34. The molecule has 1 amide bonds. The van der Waals surface area contributed by atoms with Gasteiger partial charge < -0.3 is 9.64 Å². The number of thiazole rings is 1. The van der Waals surface area contributed by atoms with Crippen LogP contribution in [0.1, 0.15) is 54.4 Å². The van der Waals surface area contributed by atoms with Crippen molar-refractivity contribution in [1.82, 2.24) is 9.88 Å². The fraction of sp³-hybridized carbons (Fsp3) is 0.474. The summed E-state index contributed by atoms with van der Waals surface area (Å²) in [6.45, 7) is 4.82. The van der Waals surface area contributed by atoms with E-state index in [1.165, 1.54) is 0 Å². The minimum absolute atomic E-state index is 0.130. The fourth-order valence-electron chi connectivity index (χ4n) is 3.26. The molecule has 0 bridgehead atoms. The summed E-state index contributed by atoms with van der Waals surface area (Å²) in [6, 6.07) is 7.92. The first-order valence-electron chi connectivity index (χ1n) is 8.46. The highest BCUT2D eigenvalue weighted by molar-refractivity contribution is 7.09. The molecule has 0 unspecified atom stereocenters. The van der Waals surface area contributed by atoms with E-state index in [1.807, 2.05) is 43.0 Å². The van der Waals surface area contributed by atoms with E-state index in [4.69, 9.17) is 4.74 Å². The monoisotopic (exact) mass is 344 g/mol. The molecule has 2 heterocycles. The smallest absolute Gasteiger partial charge is 0.230 e. The molecule has 0 radical (unpaired) electrons. The lowest BCUT2D eigenvalue weighted by atomic mass is 9.95. The standard InChI is InChI=1S/C19H24N2O2S/c1-13-12-24-18(20-13)17-6-4-5-11-21(17)19(22)14(2)15-7-9-16(23-3)10-8-15/h7-10,12,14,17H,4-6,11H2,1-3H3/t14-,17-/m0/s1. The van der Waals surface area contributed by atoms with Crippen molar-refractivity contribution in [3.63, 3.8) is 0 Å². The number of rotatable bonds is 4. The molecular formula is C19H24N2O2S. The van der Waals surface area contributed by atoms with Crippen LogP contribution < -0.4 is 4.74 Å². The van der Waals surface area contributed by atoms with E-state index in [1.54, 1.807) is 18.4 Å². The second-order valence-corrected chi connectivity index (χ2v) is 7.25. The summed E-state index contributed by atoms with van der Waals surface area (Å²) in [5.74, 6) is 0.850. The van der Waals surface area contributed by atoms with E-state index in [0.29, 0.717) is 0 Å². The van der Waals surface area contributed by atoms with Gasteiger partial charge in [-0.15, -0.1) is 11.3 Å². The molecule has 2 aromatic rings. The number of amides is 1. The number of hydrogen-bond acceptors (Lipinski definition) is 4. The topological polar surface area (TPSA) is 42.4 Å². The van der Waals surface area contributed by atoms with Crippen LogP contribution >= 0.6 is 11.3 Å². The maximum Gasteiger partial charge on any atom is 0.230 e. The molecule has 1 aliphatic rings. The van der Waals surface area contributed by atoms with Gasteiger partial charge >= 0.3 is 0 Å². The van der Waals surface area contributed by atoms with Crippen LogP contribution in [0.25, 0.3) is 0 Å². The van der Waals surface area contributed by atoms with Gasteiger partial charge in [-0.2, -0.15) is 0 Å². The number of likely N-dealkylation sites (tertiary alicyclic amines) is 1. The van der Waals surface area contributed by atoms with Crippen molar-refractivity contribution in [2.45, 2.75) is 45.1 Å². The maximum absolute atomic E-state index is 13.1. The van der Waals surface area contributed by atoms with Crippen LogP contribution in [0, 0.1) is 6.92 Å². The number of aromatic nitrogens is 1. The van der Waals surface area contributed by atoms with Gasteiger partial charge in [0.2, 0.25) is 5.91 Å². The highest BCUT2D eigenvalue weighted by Gasteiger charge is 2.32. The van der Waals surface area contributed by atoms with E-state index in [9.17, 15) is 4.79 Å². The van der Waals surface area contributed by atoms with Crippen LogP contribution in [0.3, 0.4) is 0 Å². The molecule has 24 heavy (non-hydrogen) atoms. The molecule has 2 atom stereocenters. The number of carbonyl (C=O) groups is 1. The van der Waals surface area contributed by atoms with Gasteiger partial charge in [-0.3, -0.25) is 4.79 Å². The molecule has 1 aromatic heterocycles. The Bertz CT molecular complexity index is 696. The average molecular weight is 344 g/mol. The van der Waals surface area contributed by atoms with Crippen molar-refractivity contribution in [3.8, 4) is 5.75 Å². The first-order chi connectivity index (χ1) is 11.6. The number of carbonyl (C=O) groups excluding carboxylic acids is 1. The number of methoxy groups -OCH3 is 1. The minimum Gasteiger partial charge on any atom is -0.497 e. The zero-order chi connectivity index (χ0) is 17.1. The van der Waals surface area contributed by atoms with Gasteiger partial charge in [0.1, 0.15) is 10.8 Å². The molecule has 0 N–H and O–H groups in total. The average Bonchev–Trinajstić information content (AvgIpc) is 3.07. The molecule has 128 valence electrons. The third-order valence-corrected chi connectivity index (χ3v) is 5.76. The van der Waals surface area contributed by atoms with Crippen molar-refractivity contribution >= 4 is 17.2 Å². The van der Waals surface area contributed by atoms with Crippen LogP contribution in [-0.4, -0.2) is 29.4 Å². The molecule has 4 nitrogen and oxygen atoms in total. The predicted molar refractivity (Wildman–Crippen MR) is 96.6 cm³/mol. The van der Waals surface area contributed by atoms with Gasteiger partial charge in [0.25, 0.3) is 0 Å². The minimum atomic E-state index is -0.155. The Morgan fingerprint density at radius 2 is 2.08 bits per heavy atom. The Kier molecular flexibility index (Phi) is 5.19. The number of benzene rings is 1. The SMILES string of the molecule is COc1ccc([C@H](C)C(=O)N2CCCC[C@H]2c2nc(C)cs2)cc1. The molecule has 5 heteroatoms. The van der Waals surface area contributed by atoms with E-state index < -0.39 is 0 Å². The van der Waals surface area contributed by atoms with Crippen molar-refractivity contribution in [3.05, 3.63) is 45.9 Å². The normalized spacial score (nSPS) is 19.1. The Balaban J connectivity index is 1.80. The van der Waals surface area contributed by atoms with Gasteiger partial charge in [0.15, 0.2) is 0 Å². The van der Waals surface area contributed by atoms with Crippen molar-refractivity contribution < 1.29 is 9.53 Å². The lowest BCUT2D eigenvalue weighted by Crippen LogP contribution is -2.40. The highest BCUT2D eigenvalue weighted by Crippen LogP contribution is 2.35. The zero-order valence-corrected chi connectivity index (χ0v) is 15.3. The number of ether oxygens (including phenoxy) is 1. The molecule has 1 aliphatic heterocycles. The highest BCUT2D eigenvalue weighted by atomic mass is 32.1. The Morgan fingerprint density at radius 1 is 1.33 bits per heavy atom. The van der Waals surface area contributed by atoms with Crippen LogP contribution in [0.2, 0.25) is 0 Å². The van der Waals surface area contributed by atoms with Crippen LogP contribution in [-0.2, 0) is 4.79 Å². The first kappa shape index (κ1) is 17.0. The third kappa shape index (κ3) is 3.46. The Labute approximate surface area is 147 Å². The van der Waals surface area contributed by atoms with Gasteiger partial charge in [-0.25, -0.2) is 4.98 Å². The molecule has 3 rings (SSSR count). The third-order valence-electron chi connectivity index (χ3n) is 4.69. The molecule has 0 aliphatic carbocycles. The summed E-state index contributed by atoms with van der Waals surface area (Å²) in [5, 5.41) is 3.14. The van der Waals surface area contributed by atoms with E-state index in [2.05, 4.69) is 10.4 Å². The van der Waals surface area contributed by atoms with Crippen LogP contribution in [0.4, 0.5) is 0 Å². The van der Waals surface area contributed by atoms with E-state index >= 15 is 0 Å². The fourth-order valence-corrected chi connectivity index (χ4v) is 4.20. The lowest BCUT2D eigenvalue weighted by molar-refractivity contribution is -0.136. The summed E-state index contributed by atoms with van der Waals surface area (Å²) in [5.41, 5.74) is 2.07. The summed E-state index contributed by atoms with van der Waals surface area (Å²) in [6.07, 6.45) is 3.24. The second-order valence-electron chi connectivity index (χ2n) is 6.37.